The van der Waals surface area contributed by atoms with Crippen molar-refractivity contribution in [1.82, 2.24) is 15.0 Å². The number of fused-ring (bicyclic) bond motifs is 18. The van der Waals surface area contributed by atoms with Crippen LogP contribution >= 0.6 is 21.2 Å². The van der Waals surface area contributed by atoms with Crippen molar-refractivity contribution in [2.75, 3.05) is 40.0 Å². The topological polar surface area (TPSA) is 72.8 Å². The summed E-state index contributed by atoms with van der Waals surface area (Å²) < 4.78 is 25.0. The van der Waals surface area contributed by atoms with Crippen LogP contribution in [0.3, 0.4) is 0 Å². The molecule has 0 unspecified atom stereocenters. The van der Waals surface area contributed by atoms with Crippen LogP contribution in [0.15, 0.2) is 340 Å². The van der Waals surface area contributed by atoms with E-state index in [1.54, 1.807) is 0 Å². The van der Waals surface area contributed by atoms with Crippen LogP contribution in [-0.2, 0) is 9.13 Å². The summed E-state index contributed by atoms with van der Waals surface area (Å²) in [5.74, 6) is 0. The molecule has 0 atom stereocenters. The Hall–Kier alpha value is -11.9. The van der Waals surface area contributed by atoms with Crippen molar-refractivity contribution < 1.29 is 9.13 Å². The minimum atomic E-state index is -2.30. The standard InChI is InChI=1S/C36H28NP.C35H26NOP.C29H22NOP/c1-38(2,3)29-19-15-24(16-20-29)27-11-8-12-28(23-27)34-32-21-17-25-9-4-6-13-30(25)35(32)37-36-31-14-7-5-10-26(31)18-22-33(34)36;1-38(2,37)28-19-15-24(16-20-28)23-11-13-27(14-12-23)33-31-21-17-25-7-3-5-9-29(25)34(31)36-35-30-10-6-4-8-26(30)18-22-32(33)35;1-32(2,31)22-15-11-21(12-16-22)27-25-17-13-19-7-3-5-9-23(19)28(25)30-29-24-10-6-4-8-20(24)14-18-26(27)29/h4-23H,1H2,2-3H3;3-22H,1-2H3;3-18H,1-2H3. The minimum Gasteiger partial charge on any atom is -0.319 e. The van der Waals surface area contributed by atoms with Gasteiger partial charge in [0.05, 0.1) is 33.1 Å². The molecular weight excluding hydrogens is 1370 g/mol. The Labute approximate surface area is 628 Å². The summed E-state index contributed by atoms with van der Waals surface area (Å²) in [5, 5.41) is 24.3. The fourth-order valence-corrected chi connectivity index (χ4v) is 18.6. The first-order valence-corrected chi connectivity index (χ1v) is 44.7. The van der Waals surface area contributed by atoms with E-state index >= 15 is 0 Å². The van der Waals surface area contributed by atoms with Gasteiger partial charge in [0.15, 0.2) is 0 Å². The number of benzene rings is 17. The lowest BCUT2D eigenvalue weighted by atomic mass is 9.91. The van der Waals surface area contributed by atoms with Crippen LogP contribution in [0.2, 0.25) is 0 Å². The van der Waals surface area contributed by atoms with E-state index in [-0.39, 0.29) is 0 Å². The van der Waals surface area contributed by atoms with Gasteiger partial charge in [-0.05, 0) is 123 Å². The van der Waals surface area contributed by atoms with Crippen molar-refractivity contribution in [3.05, 3.63) is 340 Å². The zero-order valence-corrected chi connectivity index (χ0v) is 63.7. The third kappa shape index (κ3) is 12.4. The van der Waals surface area contributed by atoms with E-state index in [1.165, 1.54) is 109 Å². The van der Waals surface area contributed by atoms with Gasteiger partial charge in [0.2, 0.25) is 0 Å². The summed E-state index contributed by atoms with van der Waals surface area (Å²) in [4.78, 5) is 15.9. The zero-order valence-electron chi connectivity index (χ0n) is 61.0. The molecular formula is C100H76N3O2P3. The van der Waals surface area contributed by atoms with Crippen LogP contribution in [0.25, 0.3) is 186 Å². The number of rotatable bonds is 8. The highest BCUT2D eigenvalue weighted by Gasteiger charge is 2.22. The molecule has 0 N–H and O–H groups in total. The second-order valence-electron chi connectivity index (χ2n) is 29.7. The highest BCUT2D eigenvalue weighted by atomic mass is 31.2. The Morgan fingerprint density at radius 1 is 0.204 bits per heavy atom. The second kappa shape index (κ2) is 27.1. The molecule has 20 aromatic rings. The fraction of sp³-hybridized carbons (Fsp3) is 0.0600. The molecule has 0 aliphatic carbocycles. The highest BCUT2D eigenvalue weighted by molar-refractivity contribution is 7.79. The van der Waals surface area contributed by atoms with Crippen molar-refractivity contribution >= 4 is 173 Å². The average Bonchev–Trinajstić information content (AvgIpc) is 0.741. The summed E-state index contributed by atoms with van der Waals surface area (Å²) in [5.41, 5.74) is 18.0. The van der Waals surface area contributed by atoms with E-state index in [9.17, 15) is 9.13 Å². The molecule has 0 aliphatic rings. The van der Waals surface area contributed by atoms with Crippen LogP contribution in [0.5, 0.6) is 0 Å². The van der Waals surface area contributed by atoms with Gasteiger partial charge in [-0.1, -0.05) is 347 Å². The molecule has 0 bridgehead atoms. The predicted octanol–water partition coefficient (Wildman–Crippen LogP) is 26.2. The van der Waals surface area contributed by atoms with Gasteiger partial charge in [-0.25, -0.2) is 15.0 Å². The second-order valence-corrected chi connectivity index (χ2v) is 40.1. The number of pyridine rings is 3. The van der Waals surface area contributed by atoms with E-state index in [0.717, 1.165) is 92.7 Å². The molecule has 108 heavy (non-hydrogen) atoms. The largest absolute Gasteiger partial charge is 0.319 e. The molecule has 20 rings (SSSR count). The lowest BCUT2D eigenvalue weighted by Gasteiger charge is -2.16. The Kier molecular flexibility index (Phi) is 17.1. The molecule has 518 valence electrons. The molecule has 5 nitrogen and oxygen atoms in total. The monoisotopic (exact) mass is 1440 g/mol. The van der Waals surface area contributed by atoms with Gasteiger partial charge in [-0.2, -0.15) is 0 Å². The van der Waals surface area contributed by atoms with E-state index in [2.05, 4.69) is 335 Å². The molecule has 3 aromatic heterocycles. The first kappa shape index (κ1) is 67.9. The smallest absolute Gasteiger partial charge is 0.109 e. The third-order valence-corrected chi connectivity index (χ3v) is 26.3. The molecule has 0 saturated heterocycles. The van der Waals surface area contributed by atoms with Gasteiger partial charge in [0.25, 0.3) is 0 Å². The molecule has 8 heteroatoms. The van der Waals surface area contributed by atoms with E-state index in [0.29, 0.717) is 0 Å². The maximum atomic E-state index is 12.6. The van der Waals surface area contributed by atoms with Crippen LogP contribution in [-0.4, -0.2) is 61.2 Å². The van der Waals surface area contributed by atoms with Gasteiger partial charge in [-0.3, -0.25) is 0 Å². The summed E-state index contributed by atoms with van der Waals surface area (Å²) in [6, 6.07) is 121. The van der Waals surface area contributed by atoms with Crippen molar-refractivity contribution in [2.45, 2.75) is 0 Å². The Bertz CT molecular complexity index is 6920. The summed E-state index contributed by atoms with van der Waals surface area (Å²) in [7, 11) is -4.57. The number of aromatic nitrogens is 3. The maximum absolute atomic E-state index is 12.6. The maximum Gasteiger partial charge on any atom is 0.109 e. The number of hydrogen-bond acceptors (Lipinski definition) is 5. The first-order chi connectivity index (χ1) is 52.4. The Morgan fingerprint density at radius 3 is 0.704 bits per heavy atom. The van der Waals surface area contributed by atoms with Crippen molar-refractivity contribution in [2.24, 2.45) is 0 Å². The van der Waals surface area contributed by atoms with E-state index < -0.39 is 21.2 Å². The third-order valence-electron chi connectivity index (χ3n) is 21.5. The normalized spacial score (nSPS) is 12.1. The average molecular weight is 1440 g/mol. The van der Waals surface area contributed by atoms with Crippen molar-refractivity contribution in [3.8, 4) is 55.6 Å². The van der Waals surface area contributed by atoms with E-state index in [4.69, 9.17) is 15.0 Å². The lowest BCUT2D eigenvalue weighted by molar-refractivity contribution is 0.587. The summed E-state index contributed by atoms with van der Waals surface area (Å²) in [6.45, 7) is 10.5. The van der Waals surface area contributed by atoms with Crippen LogP contribution < -0.4 is 15.9 Å². The van der Waals surface area contributed by atoms with Crippen molar-refractivity contribution in [1.29, 1.82) is 0 Å². The quantitative estimate of drug-likeness (QED) is 0.0861. The molecule has 17 aromatic carbocycles. The Morgan fingerprint density at radius 2 is 0.426 bits per heavy atom. The van der Waals surface area contributed by atoms with Gasteiger partial charge in [0.1, 0.15) is 14.3 Å². The zero-order chi connectivity index (χ0) is 73.6. The predicted molar refractivity (Wildman–Crippen MR) is 474 cm³/mol. The Balaban J connectivity index is 0.000000115. The van der Waals surface area contributed by atoms with Crippen LogP contribution in [0.1, 0.15) is 0 Å². The van der Waals surface area contributed by atoms with Crippen LogP contribution in [0.4, 0.5) is 0 Å². The van der Waals surface area contributed by atoms with Gasteiger partial charge in [-0.15, -0.1) is 0 Å². The molecule has 0 radical (unpaired) electrons. The molecule has 0 amide bonds. The molecule has 3 heterocycles. The van der Waals surface area contributed by atoms with Gasteiger partial charge in [0, 0.05) is 91.9 Å². The van der Waals surface area contributed by atoms with Crippen molar-refractivity contribution in [3.63, 3.8) is 0 Å². The molecule has 0 spiro atoms. The summed E-state index contributed by atoms with van der Waals surface area (Å²) >= 11 is 0. The summed E-state index contributed by atoms with van der Waals surface area (Å²) in [6.07, 6.45) is 4.40. The number of hydrogen-bond donors (Lipinski definition) is 0. The molecule has 0 fully saturated rings. The van der Waals surface area contributed by atoms with Gasteiger partial charge < -0.3 is 9.13 Å². The highest BCUT2D eigenvalue weighted by Crippen LogP contribution is 2.46. The molecule has 0 aliphatic heterocycles. The minimum absolute atomic E-state index is 0.903. The fourth-order valence-electron chi connectivity index (χ4n) is 15.9. The first-order valence-electron chi connectivity index (χ1n) is 36.7. The molecule has 0 saturated carbocycles. The van der Waals surface area contributed by atoms with E-state index in [1.807, 2.05) is 50.9 Å². The lowest BCUT2D eigenvalue weighted by Crippen LogP contribution is -2.01. The van der Waals surface area contributed by atoms with Gasteiger partial charge >= 0.3 is 0 Å². The van der Waals surface area contributed by atoms with Crippen LogP contribution in [0, 0.1) is 0 Å². The number of nitrogens with zero attached hydrogens (tertiary/aromatic N) is 3. The SMILES string of the molecule is C=P(C)(C)c1ccc(-c2cccc(-c3c4ccc5ccccc5c4nc4c3ccc3ccccc34)c2)cc1.CP(C)(=O)c1ccc(-c2c3ccc4ccccc4c3nc3c2ccc2ccccc23)cc1.CP(C)(=O)c1ccc(-c2ccc(-c3c4ccc5ccccc5c4nc4c3ccc3ccccc34)cc2)cc1.